The van der Waals surface area contributed by atoms with E-state index in [9.17, 15) is 0 Å². The molecule has 0 fully saturated rings. The van der Waals surface area contributed by atoms with E-state index < -0.39 is 0 Å². The molecule has 0 saturated carbocycles. The fourth-order valence-corrected chi connectivity index (χ4v) is 8.61. The van der Waals surface area contributed by atoms with Gasteiger partial charge in [-0.15, -0.1) is 11.3 Å². The third-order valence-corrected chi connectivity index (χ3v) is 10.8. The Hall–Kier alpha value is -5.18. The first-order valence-electron chi connectivity index (χ1n) is 15.6. The lowest BCUT2D eigenvalue weighted by Crippen LogP contribution is -2.16. The number of hydrogen-bond donors (Lipinski definition) is 0. The summed E-state index contributed by atoms with van der Waals surface area (Å²) in [6, 6.07) is 55.8. The molecular weight excluding hydrogens is 563 g/mol. The molecule has 2 heteroatoms. The number of benzene rings is 7. The average Bonchev–Trinajstić information content (AvgIpc) is 3.58. The molecule has 9 rings (SSSR count). The Kier molecular flexibility index (Phi) is 5.78. The number of hydrogen-bond acceptors (Lipinski definition) is 2. The largest absolute Gasteiger partial charge is 0.310 e. The quantitative estimate of drug-likeness (QED) is 0.196. The molecule has 0 radical (unpaired) electrons. The van der Waals surface area contributed by atoms with Crippen LogP contribution in [0.25, 0.3) is 53.2 Å². The van der Waals surface area contributed by atoms with Crippen LogP contribution in [0.15, 0.2) is 152 Å². The lowest BCUT2D eigenvalue weighted by molar-refractivity contribution is 0.666. The summed E-state index contributed by atoms with van der Waals surface area (Å²) in [7, 11) is 0. The number of rotatable bonds is 4. The third-order valence-electron chi connectivity index (χ3n) is 9.61. The van der Waals surface area contributed by atoms with Crippen molar-refractivity contribution in [3.8, 4) is 22.3 Å². The molecule has 8 aromatic rings. The van der Waals surface area contributed by atoms with Crippen LogP contribution >= 0.6 is 11.3 Å². The first-order valence-corrected chi connectivity index (χ1v) is 16.4. The zero-order valence-corrected chi connectivity index (χ0v) is 26.1. The molecule has 0 amide bonds. The van der Waals surface area contributed by atoms with Crippen LogP contribution < -0.4 is 4.90 Å². The van der Waals surface area contributed by atoms with Crippen molar-refractivity contribution in [3.63, 3.8) is 0 Å². The Morgan fingerprint density at radius 3 is 2.00 bits per heavy atom. The van der Waals surface area contributed by atoms with Crippen molar-refractivity contribution < 1.29 is 0 Å². The van der Waals surface area contributed by atoms with E-state index in [-0.39, 0.29) is 5.41 Å². The van der Waals surface area contributed by atoms with Crippen LogP contribution in [0.1, 0.15) is 25.0 Å². The second-order valence-electron chi connectivity index (χ2n) is 12.6. The predicted molar refractivity (Wildman–Crippen MR) is 195 cm³/mol. The fourth-order valence-electron chi connectivity index (χ4n) is 7.52. The lowest BCUT2D eigenvalue weighted by Gasteiger charge is -2.30. The van der Waals surface area contributed by atoms with E-state index in [0.29, 0.717) is 0 Å². The van der Waals surface area contributed by atoms with Gasteiger partial charge < -0.3 is 4.90 Å². The molecular formula is C43H31NS. The minimum absolute atomic E-state index is 0.113. The second-order valence-corrected chi connectivity index (χ2v) is 13.6. The molecule has 1 aromatic heterocycles. The van der Waals surface area contributed by atoms with Gasteiger partial charge in [0.25, 0.3) is 0 Å². The van der Waals surface area contributed by atoms with Crippen molar-refractivity contribution in [1.82, 2.24) is 0 Å². The summed E-state index contributed by atoms with van der Waals surface area (Å²) >= 11 is 1.87. The topological polar surface area (TPSA) is 3.24 Å². The van der Waals surface area contributed by atoms with Gasteiger partial charge in [0.1, 0.15) is 0 Å². The number of para-hydroxylation sites is 1. The molecule has 0 atom stereocenters. The molecule has 1 aliphatic carbocycles. The zero-order chi connectivity index (χ0) is 30.1. The van der Waals surface area contributed by atoms with Crippen molar-refractivity contribution in [2.24, 2.45) is 0 Å². The Labute approximate surface area is 267 Å². The highest BCUT2D eigenvalue weighted by Gasteiger charge is 2.39. The van der Waals surface area contributed by atoms with Crippen LogP contribution in [0.3, 0.4) is 0 Å². The predicted octanol–water partition coefficient (Wildman–Crippen LogP) is 12.7. The molecule has 0 saturated heterocycles. The smallest absolute Gasteiger partial charge is 0.0549 e. The maximum Gasteiger partial charge on any atom is 0.0549 e. The van der Waals surface area contributed by atoms with E-state index in [1.54, 1.807) is 0 Å². The van der Waals surface area contributed by atoms with Crippen LogP contribution in [-0.4, -0.2) is 0 Å². The first kappa shape index (κ1) is 26.2. The minimum Gasteiger partial charge on any atom is -0.310 e. The average molecular weight is 594 g/mol. The molecule has 0 unspecified atom stereocenters. The van der Waals surface area contributed by atoms with Gasteiger partial charge in [-0.25, -0.2) is 0 Å². The molecule has 0 spiro atoms. The van der Waals surface area contributed by atoms with Gasteiger partial charge in [0.2, 0.25) is 0 Å². The van der Waals surface area contributed by atoms with E-state index in [4.69, 9.17) is 0 Å². The maximum absolute atomic E-state index is 2.45. The van der Waals surface area contributed by atoms with Crippen LogP contribution in [0, 0.1) is 0 Å². The second kappa shape index (κ2) is 9.92. The van der Waals surface area contributed by atoms with Gasteiger partial charge in [0, 0.05) is 42.5 Å². The van der Waals surface area contributed by atoms with Gasteiger partial charge in [0.15, 0.2) is 0 Å². The van der Waals surface area contributed by atoms with Gasteiger partial charge in [-0.1, -0.05) is 117 Å². The minimum atomic E-state index is -0.113. The highest BCUT2D eigenvalue weighted by Crippen LogP contribution is 2.56. The number of anilines is 3. The number of nitrogens with zero attached hydrogens (tertiary/aromatic N) is 1. The summed E-state index contributed by atoms with van der Waals surface area (Å²) in [5.74, 6) is 0. The number of fused-ring (bicyclic) bond motifs is 8. The summed E-state index contributed by atoms with van der Waals surface area (Å²) in [5.41, 5.74) is 11.3. The van der Waals surface area contributed by atoms with Crippen molar-refractivity contribution in [3.05, 3.63) is 163 Å². The van der Waals surface area contributed by atoms with E-state index >= 15 is 0 Å². The van der Waals surface area contributed by atoms with Crippen molar-refractivity contribution in [2.75, 3.05) is 4.90 Å². The summed E-state index contributed by atoms with van der Waals surface area (Å²) in [6.07, 6.45) is 0. The summed E-state index contributed by atoms with van der Waals surface area (Å²) in [5, 5.41) is 5.26. The monoisotopic (exact) mass is 593 g/mol. The maximum atomic E-state index is 2.45. The highest BCUT2D eigenvalue weighted by molar-refractivity contribution is 7.25. The molecule has 1 nitrogen and oxygen atoms in total. The number of thiophene rings is 1. The Balaban J connectivity index is 1.24. The molecule has 45 heavy (non-hydrogen) atoms. The molecule has 1 heterocycles. The summed E-state index contributed by atoms with van der Waals surface area (Å²) in [6.45, 7) is 4.76. The van der Waals surface area contributed by atoms with Gasteiger partial charge >= 0.3 is 0 Å². The third kappa shape index (κ3) is 3.99. The first-order chi connectivity index (χ1) is 22.1. The fraction of sp³-hybridized carbons (Fsp3) is 0.0698. The standard InChI is InChI=1S/C43H31NS/c1-43(2)37-18-10-8-17-35(37)41-38(27-30-12-6-7-15-33(30)42(41)43)44(31-13-4-3-5-14-31)32-23-20-28(21-24-32)29-22-25-40-36(26-29)34-16-9-11-19-39(34)45-40/h3-27H,1-2H3. The van der Waals surface area contributed by atoms with Gasteiger partial charge in [-0.05, 0) is 87.1 Å². The van der Waals surface area contributed by atoms with Gasteiger partial charge in [-0.2, -0.15) is 0 Å². The lowest BCUT2D eigenvalue weighted by atomic mass is 9.80. The van der Waals surface area contributed by atoms with Crippen LogP contribution in [0.2, 0.25) is 0 Å². The van der Waals surface area contributed by atoms with Crippen molar-refractivity contribution in [1.29, 1.82) is 0 Å². The Morgan fingerprint density at radius 1 is 0.511 bits per heavy atom. The van der Waals surface area contributed by atoms with E-state index in [0.717, 1.165) is 11.4 Å². The normalized spacial score (nSPS) is 13.3. The van der Waals surface area contributed by atoms with Crippen LogP contribution in [-0.2, 0) is 5.41 Å². The van der Waals surface area contributed by atoms with Crippen LogP contribution in [0.4, 0.5) is 17.1 Å². The summed E-state index contributed by atoms with van der Waals surface area (Å²) < 4.78 is 2.67. The molecule has 0 N–H and O–H groups in total. The van der Waals surface area contributed by atoms with E-state index in [2.05, 4.69) is 170 Å². The molecule has 0 bridgehead atoms. The van der Waals surface area contributed by atoms with Crippen LogP contribution in [0.5, 0.6) is 0 Å². The van der Waals surface area contributed by atoms with Gasteiger partial charge in [0.05, 0.1) is 5.69 Å². The van der Waals surface area contributed by atoms with Crippen molar-refractivity contribution >= 4 is 59.3 Å². The SMILES string of the molecule is CC1(C)c2ccccc2-c2c(N(c3ccccc3)c3ccc(-c4ccc5sc6ccccc6c5c4)cc3)cc3ccccc3c21. The van der Waals surface area contributed by atoms with Crippen molar-refractivity contribution in [2.45, 2.75) is 19.3 Å². The molecule has 1 aliphatic rings. The summed E-state index contributed by atoms with van der Waals surface area (Å²) in [4.78, 5) is 2.45. The highest BCUT2D eigenvalue weighted by atomic mass is 32.1. The van der Waals surface area contributed by atoms with Gasteiger partial charge in [-0.3, -0.25) is 0 Å². The van der Waals surface area contributed by atoms with E-state index in [1.165, 1.54) is 70.0 Å². The molecule has 7 aromatic carbocycles. The van der Waals surface area contributed by atoms with E-state index in [1.807, 2.05) is 11.3 Å². The Bertz CT molecular complexity index is 2400. The zero-order valence-electron chi connectivity index (χ0n) is 25.3. The molecule has 0 aliphatic heterocycles. The molecule has 214 valence electrons. The Morgan fingerprint density at radius 2 is 1.16 bits per heavy atom.